The summed E-state index contributed by atoms with van der Waals surface area (Å²) >= 11 is 0. The molecule has 0 radical (unpaired) electrons. The van der Waals surface area contributed by atoms with Gasteiger partial charge in [-0.2, -0.15) is 0 Å². The number of likely N-dealkylation sites (N-methyl/N-ethyl adjacent to an activating group) is 1. The quantitative estimate of drug-likeness (QED) is 0.812. The van der Waals surface area contributed by atoms with Crippen LogP contribution < -0.4 is 10.1 Å². The van der Waals surface area contributed by atoms with Crippen LogP contribution in [0.4, 0.5) is 0 Å². The van der Waals surface area contributed by atoms with Crippen molar-refractivity contribution in [3.8, 4) is 11.5 Å². The summed E-state index contributed by atoms with van der Waals surface area (Å²) < 4.78 is 6.19. The topological polar surface area (TPSA) is 61.7 Å². The number of benzene rings is 2. The number of hydrogen-bond donors (Lipinski definition) is 3. The van der Waals surface area contributed by atoms with Crippen molar-refractivity contribution >= 4 is 0 Å². The summed E-state index contributed by atoms with van der Waals surface area (Å²) in [4.78, 5) is 0. The first kappa shape index (κ1) is 15.8. The van der Waals surface area contributed by atoms with E-state index in [1.54, 1.807) is 12.1 Å². The third kappa shape index (κ3) is 2.80. The van der Waals surface area contributed by atoms with Crippen LogP contribution in [0.25, 0.3) is 0 Å². The summed E-state index contributed by atoms with van der Waals surface area (Å²) in [6.07, 6.45) is 0.0803. The molecule has 2 unspecified atom stereocenters. The van der Waals surface area contributed by atoms with Gasteiger partial charge in [-0.25, -0.2) is 0 Å². The van der Waals surface area contributed by atoms with Gasteiger partial charge in [-0.3, -0.25) is 0 Å². The van der Waals surface area contributed by atoms with Crippen LogP contribution in [0.15, 0.2) is 36.4 Å². The SMILES string of the molecule is CNCC1(O)Cc2ccc(C)cc2C1Oc1cccc(O)c1C. The smallest absolute Gasteiger partial charge is 0.154 e. The molecule has 4 heteroatoms. The molecule has 1 aliphatic rings. The van der Waals surface area contributed by atoms with Gasteiger partial charge in [0.2, 0.25) is 0 Å². The highest BCUT2D eigenvalue weighted by molar-refractivity contribution is 5.46. The summed E-state index contributed by atoms with van der Waals surface area (Å²) in [5, 5.41) is 24.1. The van der Waals surface area contributed by atoms with Crippen molar-refractivity contribution < 1.29 is 14.9 Å². The van der Waals surface area contributed by atoms with E-state index in [-0.39, 0.29) is 5.75 Å². The zero-order chi connectivity index (χ0) is 16.6. The van der Waals surface area contributed by atoms with Crippen molar-refractivity contribution in [2.24, 2.45) is 0 Å². The molecule has 2 aromatic rings. The van der Waals surface area contributed by atoms with Gasteiger partial charge in [0, 0.05) is 18.5 Å². The third-order valence-electron chi connectivity index (χ3n) is 4.55. The van der Waals surface area contributed by atoms with Crippen LogP contribution in [0, 0.1) is 13.8 Å². The molecule has 3 N–H and O–H groups in total. The molecule has 0 fully saturated rings. The maximum absolute atomic E-state index is 11.1. The summed E-state index contributed by atoms with van der Waals surface area (Å²) in [5.74, 6) is 0.793. The standard InChI is InChI=1S/C19H23NO3/c1-12-7-8-14-10-19(22,11-20-3)18(15(14)9-12)23-17-6-4-5-16(21)13(17)2/h4-9,18,20-22H,10-11H2,1-3H3. The number of rotatable bonds is 4. The molecule has 0 amide bonds. The van der Waals surface area contributed by atoms with Gasteiger partial charge in [-0.05, 0) is 44.2 Å². The Morgan fingerprint density at radius 2 is 2.04 bits per heavy atom. The highest BCUT2D eigenvalue weighted by Crippen LogP contribution is 2.43. The van der Waals surface area contributed by atoms with Crippen LogP contribution >= 0.6 is 0 Å². The molecule has 0 aliphatic heterocycles. The summed E-state index contributed by atoms with van der Waals surface area (Å²) in [7, 11) is 1.82. The Hall–Kier alpha value is -2.04. The number of nitrogens with one attached hydrogen (secondary N) is 1. The molecule has 4 nitrogen and oxygen atoms in total. The predicted molar refractivity (Wildman–Crippen MR) is 90.0 cm³/mol. The number of aryl methyl sites for hydroxylation is 1. The van der Waals surface area contributed by atoms with Crippen LogP contribution in [0.2, 0.25) is 0 Å². The van der Waals surface area contributed by atoms with E-state index in [1.807, 2.05) is 27.0 Å². The van der Waals surface area contributed by atoms with E-state index in [2.05, 4.69) is 23.5 Å². The lowest BCUT2D eigenvalue weighted by Gasteiger charge is -2.31. The third-order valence-corrected chi connectivity index (χ3v) is 4.55. The predicted octanol–water partition coefficient (Wildman–Crippen LogP) is 2.64. The average molecular weight is 313 g/mol. The Morgan fingerprint density at radius 3 is 2.78 bits per heavy atom. The van der Waals surface area contributed by atoms with Crippen molar-refractivity contribution in [1.29, 1.82) is 0 Å². The van der Waals surface area contributed by atoms with Crippen molar-refractivity contribution in [3.05, 3.63) is 58.7 Å². The van der Waals surface area contributed by atoms with Gasteiger partial charge in [0.25, 0.3) is 0 Å². The molecule has 2 aromatic carbocycles. The molecule has 1 aliphatic carbocycles. The lowest BCUT2D eigenvalue weighted by molar-refractivity contribution is -0.0487. The van der Waals surface area contributed by atoms with Crippen LogP contribution in [0.3, 0.4) is 0 Å². The van der Waals surface area contributed by atoms with E-state index in [0.717, 1.165) is 16.7 Å². The number of fused-ring (bicyclic) bond motifs is 1. The maximum atomic E-state index is 11.1. The first-order valence-electron chi connectivity index (χ1n) is 7.86. The molecule has 0 bridgehead atoms. The first-order valence-corrected chi connectivity index (χ1v) is 7.86. The second kappa shape index (κ2) is 5.87. The van der Waals surface area contributed by atoms with Gasteiger partial charge in [0.1, 0.15) is 17.1 Å². The Kier molecular flexibility index (Phi) is 4.04. The lowest BCUT2D eigenvalue weighted by atomic mass is 9.97. The number of phenolic OH excluding ortho intramolecular Hbond substituents is 1. The van der Waals surface area contributed by atoms with Crippen molar-refractivity contribution in [1.82, 2.24) is 5.32 Å². The maximum Gasteiger partial charge on any atom is 0.154 e. The van der Waals surface area contributed by atoms with E-state index in [0.29, 0.717) is 24.3 Å². The van der Waals surface area contributed by atoms with Crippen molar-refractivity contribution in [2.75, 3.05) is 13.6 Å². The summed E-state index contributed by atoms with van der Waals surface area (Å²) in [6, 6.07) is 11.4. The minimum absolute atomic E-state index is 0.196. The second-order valence-corrected chi connectivity index (χ2v) is 6.41. The monoisotopic (exact) mass is 313 g/mol. The highest BCUT2D eigenvalue weighted by atomic mass is 16.5. The van der Waals surface area contributed by atoms with Gasteiger partial charge in [0.05, 0.1) is 0 Å². The Labute approximate surface area is 136 Å². The molecule has 0 spiro atoms. The number of aromatic hydroxyl groups is 1. The Bertz CT molecular complexity index is 729. The molecule has 122 valence electrons. The van der Waals surface area contributed by atoms with Crippen molar-refractivity contribution in [2.45, 2.75) is 32.0 Å². The fraction of sp³-hybridized carbons (Fsp3) is 0.368. The molecule has 0 saturated heterocycles. The Morgan fingerprint density at radius 1 is 1.26 bits per heavy atom. The second-order valence-electron chi connectivity index (χ2n) is 6.41. The normalized spacial score (nSPS) is 22.9. The van der Waals surface area contributed by atoms with Crippen LogP contribution in [-0.2, 0) is 6.42 Å². The fourth-order valence-corrected chi connectivity index (χ4v) is 3.32. The molecule has 23 heavy (non-hydrogen) atoms. The lowest BCUT2D eigenvalue weighted by Crippen LogP contribution is -2.45. The highest BCUT2D eigenvalue weighted by Gasteiger charge is 2.46. The summed E-state index contributed by atoms with van der Waals surface area (Å²) in [5.41, 5.74) is 2.93. The zero-order valence-electron chi connectivity index (χ0n) is 13.8. The average Bonchev–Trinajstić information content (AvgIpc) is 2.76. The van der Waals surface area contributed by atoms with Gasteiger partial charge in [-0.1, -0.05) is 29.8 Å². The molecule has 0 saturated carbocycles. The van der Waals surface area contributed by atoms with E-state index >= 15 is 0 Å². The number of phenols is 1. The van der Waals surface area contributed by atoms with Gasteiger partial charge >= 0.3 is 0 Å². The van der Waals surface area contributed by atoms with E-state index in [9.17, 15) is 10.2 Å². The van der Waals surface area contributed by atoms with Gasteiger partial charge in [-0.15, -0.1) is 0 Å². The number of aliphatic hydroxyl groups is 1. The molecule has 0 heterocycles. The minimum atomic E-state index is -1.01. The van der Waals surface area contributed by atoms with E-state index in [4.69, 9.17) is 4.74 Å². The van der Waals surface area contributed by atoms with E-state index in [1.165, 1.54) is 0 Å². The molecule has 0 aromatic heterocycles. The number of ether oxygens (including phenoxy) is 1. The zero-order valence-corrected chi connectivity index (χ0v) is 13.8. The summed E-state index contributed by atoms with van der Waals surface area (Å²) in [6.45, 7) is 4.28. The molecule has 2 atom stereocenters. The van der Waals surface area contributed by atoms with Gasteiger partial charge in [0.15, 0.2) is 6.10 Å². The molecule has 3 rings (SSSR count). The molecular weight excluding hydrogens is 290 g/mol. The fourth-order valence-electron chi connectivity index (χ4n) is 3.32. The van der Waals surface area contributed by atoms with Crippen molar-refractivity contribution in [3.63, 3.8) is 0 Å². The van der Waals surface area contributed by atoms with Gasteiger partial charge < -0.3 is 20.3 Å². The number of hydrogen-bond acceptors (Lipinski definition) is 4. The van der Waals surface area contributed by atoms with Crippen LogP contribution in [-0.4, -0.2) is 29.4 Å². The van der Waals surface area contributed by atoms with E-state index < -0.39 is 11.7 Å². The first-order chi connectivity index (χ1) is 10.9. The molecular formula is C19H23NO3. The Balaban J connectivity index is 2.03. The van der Waals surface area contributed by atoms with Crippen LogP contribution in [0.5, 0.6) is 11.5 Å². The minimum Gasteiger partial charge on any atom is -0.508 e. The largest absolute Gasteiger partial charge is 0.508 e. The van der Waals surface area contributed by atoms with Crippen LogP contribution in [0.1, 0.15) is 28.4 Å².